The van der Waals surface area contributed by atoms with Crippen LogP contribution in [0.3, 0.4) is 0 Å². The predicted molar refractivity (Wildman–Crippen MR) is 54.1 cm³/mol. The lowest BCUT2D eigenvalue weighted by Gasteiger charge is -2.00. The SMILES string of the molecule is O=C(O)Cc1c([N+](=O)[O-])ccc2[nH]cnc12. The number of rotatable bonds is 3. The molecule has 0 saturated heterocycles. The van der Waals surface area contributed by atoms with Crippen molar-refractivity contribution in [2.75, 3.05) is 0 Å². The number of imidazole rings is 1. The van der Waals surface area contributed by atoms with Crippen molar-refractivity contribution in [1.29, 1.82) is 0 Å². The third kappa shape index (κ3) is 1.58. The second-order valence-electron chi connectivity index (χ2n) is 3.19. The monoisotopic (exact) mass is 221 g/mol. The van der Waals surface area contributed by atoms with Gasteiger partial charge in [-0.25, -0.2) is 4.98 Å². The van der Waals surface area contributed by atoms with E-state index >= 15 is 0 Å². The molecule has 0 aliphatic heterocycles. The molecule has 2 rings (SSSR count). The summed E-state index contributed by atoms with van der Waals surface area (Å²) < 4.78 is 0. The van der Waals surface area contributed by atoms with E-state index in [1.165, 1.54) is 18.5 Å². The first-order valence-corrected chi connectivity index (χ1v) is 4.40. The Morgan fingerprint density at radius 2 is 2.31 bits per heavy atom. The molecule has 0 atom stereocenters. The van der Waals surface area contributed by atoms with Crippen molar-refractivity contribution in [2.45, 2.75) is 6.42 Å². The number of aliphatic carboxylic acids is 1. The lowest BCUT2D eigenvalue weighted by Crippen LogP contribution is -2.04. The molecule has 0 aliphatic rings. The number of carboxylic acid groups (broad SMARTS) is 1. The maximum atomic E-state index is 10.7. The molecule has 0 unspecified atom stereocenters. The minimum atomic E-state index is -1.13. The second-order valence-corrected chi connectivity index (χ2v) is 3.19. The Bertz CT molecular complexity index is 575. The highest BCUT2D eigenvalue weighted by Crippen LogP contribution is 2.26. The van der Waals surface area contributed by atoms with Gasteiger partial charge in [0.2, 0.25) is 0 Å². The van der Waals surface area contributed by atoms with E-state index in [0.717, 1.165) is 0 Å². The first-order chi connectivity index (χ1) is 7.59. The summed E-state index contributed by atoms with van der Waals surface area (Å²) in [6, 6.07) is 2.78. The maximum absolute atomic E-state index is 10.7. The molecule has 0 aliphatic carbocycles. The van der Waals surface area contributed by atoms with Crippen LogP contribution in [0.1, 0.15) is 5.56 Å². The lowest BCUT2D eigenvalue weighted by atomic mass is 10.1. The van der Waals surface area contributed by atoms with Crippen LogP contribution in [0.15, 0.2) is 18.5 Å². The molecule has 2 aromatic rings. The zero-order valence-corrected chi connectivity index (χ0v) is 8.01. The Hall–Kier alpha value is -2.44. The third-order valence-electron chi connectivity index (χ3n) is 2.20. The van der Waals surface area contributed by atoms with Crippen molar-refractivity contribution in [1.82, 2.24) is 9.97 Å². The van der Waals surface area contributed by atoms with Crippen molar-refractivity contribution in [3.05, 3.63) is 34.1 Å². The number of nitrogens with zero attached hydrogens (tertiary/aromatic N) is 2. The summed E-state index contributed by atoms with van der Waals surface area (Å²) in [4.78, 5) is 27.5. The van der Waals surface area contributed by atoms with Gasteiger partial charge >= 0.3 is 5.97 Å². The van der Waals surface area contributed by atoms with Gasteiger partial charge in [0.25, 0.3) is 5.69 Å². The Morgan fingerprint density at radius 3 is 2.94 bits per heavy atom. The lowest BCUT2D eigenvalue weighted by molar-refractivity contribution is -0.385. The van der Waals surface area contributed by atoms with Gasteiger partial charge in [-0.15, -0.1) is 0 Å². The molecule has 0 bridgehead atoms. The number of aromatic amines is 1. The van der Waals surface area contributed by atoms with Gasteiger partial charge in [0.05, 0.1) is 34.3 Å². The van der Waals surface area contributed by atoms with Crippen molar-refractivity contribution in [3.8, 4) is 0 Å². The van der Waals surface area contributed by atoms with E-state index in [9.17, 15) is 14.9 Å². The Morgan fingerprint density at radius 1 is 1.56 bits per heavy atom. The van der Waals surface area contributed by atoms with E-state index in [0.29, 0.717) is 11.0 Å². The van der Waals surface area contributed by atoms with E-state index in [-0.39, 0.29) is 11.3 Å². The van der Waals surface area contributed by atoms with Gasteiger partial charge in [-0.1, -0.05) is 0 Å². The summed E-state index contributed by atoms with van der Waals surface area (Å²) >= 11 is 0. The molecule has 1 heterocycles. The third-order valence-corrected chi connectivity index (χ3v) is 2.20. The largest absolute Gasteiger partial charge is 0.481 e. The molecular formula is C9H7N3O4. The first-order valence-electron chi connectivity index (χ1n) is 4.40. The average molecular weight is 221 g/mol. The molecule has 2 N–H and O–H groups in total. The van der Waals surface area contributed by atoms with Crippen LogP contribution in [-0.2, 0) is 11.2 Å². The molecule has 1 aromatic heterocycles. The van der Waals surface area contributed by atoms with Crippen molar-refractivity contribution >= 4 is 22.7 Å². The number of hydrogen-bond acceptors (Lipinski definition) is 4. The minimum Gasteiger partial charge on any atom is -0.481 e. The molecule has 0 spiro atoms. The number of carbonyl (C=O) groups is 1. The summed E-state index contributed by atoms with van der Waals surface area (Å²) in [6.45, 7) is 0. The average Bonchev–Trinajstić information content (AvgIpc) is 2.64. The number of H-pyrrole nitrogens is 1. The van der Waals surface area contributed by atoms with Gasteiger partial charge in [-0.05, 0) is 6.07 Å². The Balaban J connectivity index is 2.70. The number of nitro groups is 1. The number of carboxylic acids is 1. The van der Waals surface area contributed by atoms with Crippen LogP contribution in [0.2, 0.25) is 0 Å². The highest BCUT2D eigenvalue weighted by Gasteiger charge is 2.20. The van der Waals surface area contributed by atoms with E-state index < -0.39 is 17.3 Å². The number of fused-ring (bicyclic) bond motifs is 1. The van der Waals surface area contributed by atoms with Crippen LogP contribution < -0.4 is 0 Å². The maximum Gasteiger partial charge on any atom is 0.308 e. The first kappa shape index (κ1) is 10.1. The fraction of sp³-hybridized carbons (Fsp3) is 0.111. The molecule has 7 heteroatoms. The molecule has 0 fully saturated rings. The van der Waals surface area contributed by atoms with E-state index in [4.69, 9.17) is 5.11 Å². The zero-order chi connectivity index (χ0) is 11.7. The van der Waals surface area contributed by atoms with Gasteiger partial charge in [-0.3, -0.25) is 14.9 Å². The topological polar surface area (TPSA) is 109 Å². The van der Waals surface area contributed by atoms with Crippen molar-refractivity contribution in [3.63, 3.8) is 0 Å². The number of aromatic nitrogens is 2. The molecule has 7 nitrogen and oxygen atoms in total. The number of nitro benzene ring substituents is 1. The minimum absolute atomic E-state index is 0.122. The van der Waals surface area contributed by atoms with E-state index in [1.54, 1.807) is 0 Å². The fourth-order valence-electron chi connectivity index (χ4n) is 1.55. The normalized spacial score (nSPS) is 10.5. The summed E-state index contributed by atoms with van der Waals surface area (Å²) in [5.74, 6) is -1.13. The second kappa shape index (κ2) is 3.61. The van der Waals surface area contributed by atoms with Crippen LogP contribution in [0.5, 0.6) is 0 Å². The van der Waals surface area contributed by atoms with Crippen LogP contribution in [0.4, 0.5) is 5.69 Å². The number of benzene rings is 1. The summed E-state index contributed by atoms with van der Waals surface area (Å²) in [5.41, 5.74) is 0.816. The molecule has 16 heavy (non-hydrogen) atoms. The highest BCUT2D eigenvalue weighted by molar-refractivity contribution is 5.86. The Labute approximate surface area is 88.9 Å². The van der Waals surface area contributed by atoms with Gasteiger partial charge in [-0.2, -0.15) is 0 Å². The van der Waals surface area contributed by atoms with Crippen molar-refractivity contribution in [2.24, 2.45) is 0 Å². The van der Waals surface area contributed by atoms with Gasteiger partial charge in [0, 0.05) is 6.07 Å². The molecule has 0 radical (unpaired) electrons. The molecule has 1 aromatic carbocycles. The Kier molecular flexibility index (Phi) is 2.28. The summed E-state index contributed by atoms with van der Waals surface area (Å²) in [7, 11) is 0. The van der Waals surface area contributed by atoms with Gasteiger partial charge in [0.1, 0.15) is 0 Å². The van der Waals surface area contributed by atoms with Gasteiger partial charge in [0.15, 0.2) is 0 Å². The van der Waals surface area contributed by atoms with Crippen LogP contribution >= 0.6 is 0 Å². The molecule has 0 amide bonds. The number of hydrogen-bond donors (Lipinski definition) is 2. The predicted octanol–water partition coefficient (Wildman–Crippen LogP) is 1.10. The summed E-state index contributed by atoms with van der Waals surface area (Å²) in [6.07, 6.45) is 0.957. The number of nitrogens with one attached hydrogen (secondary N) is 1. The smallest absolute Gasteiger partial charge is 0.308 e. The molecule has 82 valence electrons. The zero-order valence-electron chi connectivity index (χ0n) is 8.01. The van der Waals surface area contributed by atoms with E-state index in [2.05, 4.69) is 9.97 Å². The van der Waals surface area contributed by atoms with E-state index in [1.807, 2.05) is 0 Å². The molecular weight excluding hydrogens is 214 g/mol. The van der Waals surface area contributed by atoms with Crippen molar-refractivity contribution < 1.29 is 14.8 Å². The van der Waals surface area contributed by atoms with Crippen LogP contribution in [0, 0.1) is 10.1 Å². The fourth-order valence-corrected chi connectivity index (χ4v) is 1.55. The summed E-state index contributed by atoms with van der Waals surface area (Å²) in [5, 5.41) is 19.5. The van der Waals surface area contributed by atoms with Crippen LogP contribution in [0.25, 0.3) is 11.0 Å². The van der Waals surface area contributed by atoms with Gasteiger partial charge < -0.3 is 10.1 Å². The van der Waals surface area contributed by atoms with Crippen LogP contribution in [-0.4, -0.2) is 26.0 Å². The molecule has 0 saturated carbocycles. The quantitative estimate of drug-likeness (QED) is 0.595. The standard InChI is InChI=1S/C9H7N3O4/c13-8(14)3-5-7(12(15)16)2-1-6-9(5)11-4-10-6/h1-2,4H,3H2,(H,10,11)(H,13,14). The highest BCUT2D eigenvalue weighted by atomic mass is 16.6.